The summed E-state index contributed by atoms with van der Waals surface area (Å²) in [7, 11) is 0. The van der Waals surface area contributed by atoms with Crippen LogP contribution in [-0.4, -0.2) is 41.6 Å². The first-order valence-corrected chi connectivity index (χ1v) is 11.2. The minimum Gasteiger partial charge on any atom is -0.493 e. The number of esters is 1. The molecule has 3 aliphatic heterocycles. The lowest BCUT2D eigenvalue weighted by atomic mass is 9.77. The van der Waals surface area contributed by atoms with Gasteiger partial charge in [0, 0.05) is 11.5 Å². The molecule has 0 radical (unpaired) electrons. The fourth-order valence-electron chi connectivity index (χ4n) is 5.57. The summed E-state index contributed by atoms with van der Waals surface area (Å²) >= 11 is 0. The minimum atomic E-state index is -1.46. The molecule has 0 saturated carbocycles. The van der Waals surface area contributed by atoms with E-state index in [0.717, 1.165) is 22.4 Å². The van der Waals surface area contributed by atoms with E-state index < -0.39 is 47.1 Å². The molecule has 4 atom stereocenters. The number of benzene rings is 2. The highest BCUT2D eigenvalue weighted by atomic mass is 19.1. The molecule has 0 N–H and O–H groups in total. The number of hydrogen-bond acceptors (Lipinski definition) is 5. The molecular formula is C25H25FN2O5. The third-order valence-corrected chi connectivity index (χ3v) is 7.11. The molecule has 2 saturated heterocycles. The van der Waals surface area contributed by atoms with Crippen molar-refractivity contribution in [1.82, 2.24) is 4.90 Å². The average Bonchev–Trinajstić information content (AvgIpc) is 3.19. The van der Waals surface area contributed by atoms with E-state index in [0.29, 0.717) is 5.75 Å². The van der Waals surface area contributed by atoms with Gasteiger partial charge in [0.1, 0.15) is 17.1 Å². The zero-order valence-corrected chi connectivity index (χ0v) is 18.7. The van der Waals surface area contributed by atoms with Crippen molar-refractivity contribution in [3.63, 3.8) is 0 Å². The molecule has 7 nitrogen and oxygen atoms in total. The van der Waals surface area contributed by atoms with Crippen molar-refractivity contribution in [2.24, 2.45) is 11.8 Å². The van der Waals surface area contributed by atoms with Gasteiger partial charge in [0.15, 0.2) is 0 Å². The van der Waals surface area contributed by atoms with Crippen LogP contribution in [0.2, 0.25) is 0 Å². The standard InChI is InChI=1S/C25H25FN2O5/c1-4-14-6-11-17-19(12-14)33-13-18-20(22(29)32-5-2)25(3)23(30)27(24(31)28(25)21(17)18)16-9-7-15(26)8-10-16/h6-12,18,20-21H,4-5,13H2,1-3H3/t18-,20+,21+,25+/m1/s1. The van der Waals surface area contributed by atoms with E-state index in [1.54, 1.807) is 13.8 Å². The number of ether oxygens (including phenoxy) is 2. The van der Waals surface area contributed by atoms with E-state index in [9.17, 15) is 18.8 Å². The van der Waals surface area contributed by atoms with Gasteiger partial charge in [0.05, 0.1) is 30.9 Å². The normalized spacial score (nSPS) is 27.7. The highest BCUT2D eigenvalue weighted by Gasteiger charge is 2.72. The zero-order valence-electron chi connectivity index (χ0n) is 18.7. The summed E-state index contributed by atoms with van der Waals surface area (Å²) in [6.45, 7) is 5.72. The van der Waals surface area contributed by atoms with E-state index in [-0.39, 0.29) is 18.9 Å². The molecule has 8 heteroatoms. The van der Waals surface area contributed by atoms with Gasteiger partial charge in [-0.25, -0.2) is 14.1 Å². The Morgan fingerprint density at radius 3 is 2.58 bits per heavy atom. The Hall–Kier alpha value is -3.42. The van der Waals surface area contributed by atoms with Crippen LogP contribution in [0.5, 0.6) is 5.75 Å². The third kappa shape index (κ3) is 2.89. The summed E-state index contributed by atoms with van der Waals surface area (Å²) < 4.78 is 24.9. The zero-order chi connectivity index (χ0) is 23.5. The quantitative estimate of drug-likeness (QED) is 0.520. The SMILES string of the molecule is CCOC(=O)[C@@H]1[C@H]2COc3cc(CC)ccc3[C@@H]2N2C(=O)N(c3ccc(F)cc3)C(=O)[C@]12C. The Balaban J connectivity index is 1.66. The molecule has 3 amide bonds. The number of anilines is 1. The molecule has 3 heterocycles. The van der Waals surface area contributed by atoms with Crippen molar-refractivity contribution < 1.29 is 28.2 Å². The minimum absolute atomic E-state index is 0.157. The Morgan fingerprint density at radius 2 is 1.91 bits per heavy atom. The largest absolute Gasteiger partial charge is 0.493 e. The summed E-state index contributed by atoms with van der Waals surface area (Å²) in [6, 6.07) is 9.94. The van der Waals surface area contributed by atoms with Gasteiger partial charge in [-0.2, -0.15) is 0 Å². The van der Waals surface area contributed by atoms with Crippen molar-refractivity contribution in [3.05, 3.63) is 59.4 Å². The maximum atomic E-state index is 13.8. The molecule has 5 rings (SSSR count). The van der Waals surface area contributed by atoms with Crippen molar-refractivity contribution in [2.45, 2.75) is 38.8 Å². The van der Waals surface area contributed by atoms with Gasteiger partial charge in [-0.3, -0.25) is 9.59 Å². The van der Waals surface area contributed by atoms with Crippen molar-refractivity contribution in [2.75, 3.05) is 18.1 Å². The number of aryl methyl sites for hydroxylation is 1. The smallest absolute Gasteiger partial charge is 0.332 e. The second-order valence-electron chi connectivity index (χ2n) is 8.79. The van der Waals surface area contributed by atoms with E-state index in [1.807, 2.05) is 25.1 Å². The molecule has 0 aliphatic carbocycles. The molecule has 0 unspecified atom stereocenters. The van der Waals surface area contributed by atoms with Crippen LogP contribution in [0.1, 0.15) is 37.9 Å². The first-order chi connectivity index (χ1) is 15.8. The Kier molecular flexibility index (Phi) is 4.92. The first-order valence-electron chi connectivity index (χ1n) is 11.2. The number of carbonyl (C=O) groups excluding carboxylic acids is 3. The number of nitrogens with zero attached hydrogens (tertiary/aromatic N) is 2. The van der Waals surface area contributed by atoms with Crippen molar-refractivity contribution in [1.29, 1.82) is 0 Å². The molecule has 0 bridgehead atoms. The number of carbonyl (C=O) groups is 3. The van der Waals surface area contributed by atoms with Crippen molar-refractivity contribution >= 4 is 23.6 Å². The molecule has 2 aromatic carbocycles. The lowest BCUT2D eigenvalue weighted by Crippen LogP contribution is -2.51. The summed E-state index contributed by atoms with van der Waals surface area (Å²) in [6.07, 6.45) is 0.827. The second kappa shape index (κ2) is 7.57. The number of amides is 3. The molecule has 0 spiro atoms. The first kappa shape index (κ1) is 21.4. The Labute approximate surface area is 191 Å². The number of hydrogen-bond donors (Lipinski definition) is 0. The maximum absolute atomic E-state index is 13.8. The van der Waals surface area contributed by atoms with Crippen LogP contribution in [0.4, 0.5) is 14.9 Å². The number of halogens is 1. The van der Waals surface area contributed by atoms with Gasteiger partial charge < -0.3 is 14.4 Å². The number of fused-ring (bicyclic) bond motifs is 5. The topological polar surface area (TPSA) is 76.2 Å². The maximum Gasteiger partial charge on any atom is 0.332 e. The second-order valence-corrected chi connectivity index (χ2v) is 8.79. The van der Waals surface area contributed by atoms with E-state index >= 15 is 0 Å². The monoisotopic (exact) mass is 452 g/mol. The average molecular weight is 452 g/mol. The molecule has 172 valence electrons. The number of imide groups is 1. The lowest BCUT2D eigenvalue weighted by Gasteiger charge is -2.34. The van der Waals surface area contributed by atoms with Crippen LogP contribution in [0.25, 0.3) is 0 Å². The molecule has 2 fully saturated rings. The van der Waals surface area contributed by atoms with Crippen LogP contribution in [0.15, 0.2) is 42.5 Å². The van der Waals surface area contributed by atoms with Crippen LogP contribution in [-0.2, 0) is 20.7 Å². The highest BCUT2D eigenvalue weighted by Crippen LogP contribution is 2.58. The van der Waals surface area contributed by atoms with Crippen LogP contribution in [0, 0.1) is 17.7 Å². The van der Waals surface area contributed by atoms with Gasteiger partial charge in [-0.05, 0) is 56.2 Å². The molecule has 2 aromatic rings. The fraction of sp³-hybridized carbons (Fsp3) is 0.400. The summed E-state index contributed by atoms with van der Waals surface area (Å²) in [5.74, 6) is -2.21. The molecule has 0 aromatic heterocycles. The summed E-state index contributed by atoms with van der Waals surface area (Å²) in [5, 5.41) is 0. The van der Waals surface area contributed by atoms with E-state index in [2.05, 4.69) is 0 Å². The predicted octanol–water partition coefficient (Wildman–Crippen LogP) is 3.86. The number of rotatable bonds is 4. The molecule has 3 aliphatic rings. The van der Waals surface area contributed by atoms with Gasteiger partial charge in [-0.15, -0.1) is 0 Å². The third-order valence-electron chi connectivity index (χ3n) is 7.11. The Morgan fingerprint density at radius 1 is 1.18 bits per heavy atom. The summed E-state index contributed by atoms with van der Waals surface area (Å²) in [4.78, 5) is 43.3. The predicted molar refractivity (Wildman–Crippen MR) is 117 cm³/mol. The molecular weight excluding hydrogens is 427 g/mol. The Bertz CT molecular complexity index is 1150. The lowest BCUT2D eigenvalue weighted by molar-refractivity contribution is -0.154. The van der Waals surface area contributed by atoms with Crippen LogP contribution < -0.4 is 9.64 Å². The van der Waals surface area contributed by atoms with Gasteiger partial charge in [0.2, 0.25) is 0 Å². The van der Waals surface area contributed by atoms with Gasteiger partial charge in [-0.1, -0.05) is 19.1 Å². The van der Waals surface area contributed by atoms with E-state index in [1.165, 1.54) is 29.2 Å². The van der Waals surface area contributed by atoms with Crippen LogP contribution >= 0.6 is 0 Å². The van der Waals surface area contributed by atoms with E-state index in [4.69, 9.17) is 9.47 Å². The fourth-order valence-corrected chi connectivity index (χ4v) is 5.57. The van der Waals surface area contributed by atoms with Crippen LogP contribution in [0.3, 0.4) is 0 Å². The van der Waals surface area contributed by atoms with Gasteiger partial charge >= 0.3 is 12.0 Å². The molecule has 33 heavy (non-hydrogen) atoms. The van der Waals surface area contributed by atoms with Gasteiger partial charge in [0.25, 0.3) is 5.91 Å². The van der Waals surface area contributed by atoms with Crippen molar-refractivity contribution in [3.8, 4) is 5.75 Å². The highest BCUT2D eigenvalue weighted by molar-refractivity contribution is 6.24. The number of urea groups is 1. The summed E-state index contributed by atoms with van der Waals surface area (Å²) in [5.41, 5.74) is 0.659.